The quantitative estimate of drug-likeness (QED) is 0.831. The van der Waals surface area contributed by atoms with Crippen LogP contribution in [0.1, 0.15) is 18.9 Å². The van der Waals surface area contributed by atoms with Gasteiger partial charge in [-0.1, -0.05) is 12.1 Å². The predicted molar refractivity (Wildman–Crippen MR) is 72.6 cm³/mol. The second-order valence-electron chi connectivity index (χ2n) is 4.61. The van der Waals surface area contributed by atoms with Crippen LogP contribution in [-0.4, -0.2) is 37.6 Å². The third-order valence-corrected chi connectivity index (χ3v) is 2.84. The topological polar surface area (TPSA) is 55.6 Å². The van der Waals surface area contributed by atoms with Crippen molar-refractivity contribution in [2.75, 3.05) is 20.7 Å². The summed E-state index contributed by atoms with van der Waals surface area (Å²) in [5, 5.41) is 0. The van der Waals surface area contributed by atoms with E-state index in [1.807, 2.05) is 38.2 Å². The smallest absolute Gasteiger partial charge is 0.226 e. The molecule has 0 saturated carbocycles. The van der Waals surface area contributed by atoms with Gasteiger partial charge in [0.05, 0.1) is 13.5 Å². The van der Waals surface area contributed by atoms with Crippen LogP contribution in [0.4, 0.5) is 0 Å². The largest absolute Gasteiger partial charge is 0.497 e. The number of likely N-dealkylation sites (N-methyl/N-ethyl adjacent to an activating group) is 1. The lowest BCUT2D eigenvalue weighted by atomic mass is 10.1. The highest BCUT2D eigenvalue weighted by molar-refractivity contribution is 5.78. The number of carbonyl (C=O) groups is 1. The van der Waals surface area contributed by atoms with Crippen molar-refractivity contribution in [2.24, 2.45) is 5.73 Å². The fourth-order valence-electron chi connectivity index (χ4n) is 1.61. The van der Waals surface area contributed by atoms with Crippen LogP contribution in [0.25, 0.3) is 0 Å². The molecular weight excluding hydrogens is 228 g/mol. The van der Waals surface area contributed by atoms with Crippen LogP contribution >= 0.6 is 0 Å². The molecule has 1 atom stereocenters. The average Bonchev–Trinajstić information content (AvgIpc) is 2.36. The SMILES string of the molecule is COc1cccc(CC(=O)N(C)CCC(C)N)c1. The molecule has 0 bridgehead atoms. The molecule has 1 rings (SSSR count). The van der Waals surface area contributed by atoms with Gasteiger partial charge in [-0.05, 0) is 31.0 Å². The molecule has 0 aliphatic heterocycles. The number of amides is 1. The fourth-order valence-corrected chi connectivity index (χ4v) is 1.61. The number of rotatable bonds is 6. The van der Waals surface area contributed by atoms with Crippen molar-refractivity contribution in [1.82, 2.24) is 4.90 Å². The highest BCUT2D eigenvalue weighted by atomic mass is 16.5. The molecular formula is C14H22N2O2. The minimum absolute atomic E-state index is 0.101. The molecule has 0 radical (unpaired) electrons. The van der Waals surface area contributed by atoms with E-state index < -0.39 is 0 Å². The average molecular weight is 250 g/mol. The normalized spacial score (nSPS) is 12.0. The van der Waals surface area contributed by atoms with Crippen LogP contribution in [0.2, 0.25) is 0 Å². The van der Waals surface area contributed by atoms with E-state index in [1.54, 1.807) is 12.0 Å². The van der Waals surface area contributed by atoms with Crippen LogP contribution in [0.5, 0.6) is 5.75 Å². The van der Waals surface area contributed by atoms with Gasteiger partial charge in [-0.3, -0.25) is 4.79 Å². The minimum Gasteiger partial charge on any atom is -0.497 e. The Morgan fingerprint density at radius 3 is 2.83 bits per heavy atom. The number of methoxy groups -OCH3 is 1. The molecule has 4 nitrogen and oxygen atoms in total. The van der Waals surface area contributed by atoms with Crippen LogP contribution in [-0.2, 0) is 11.2 Å². The van der Waals surface area contributed by atoms with Gasteiger partial charge < -0.3 is 15.4 Å². The molecule has 0 heterocycles. The van der Waals surface area contributed by atoms with Crippen molar-refractivity contribution >= 4 is 5.91 Å². The lowest BCUT2D eigenvalue weighted by molar-refractivity contribution is -0.129. The molecule has 0 fully saturated rings. The molecule has 0 aliphatic rings. The second kappa shape index (κ2) is 7.01. The zero-order chi connectivity index (χ0) is 13.5. The van der Waals surface area contributed by atoms with Crippen LogP contribution in [0, 0.1) is 0 Å². The van der Waals surface area contributed by atoms with Crippen LogP contribution < -0.4 is 10.5 Å². The molecule has 4 heteroatoms. The fraction of sp³-hybridized carbons (Fsp3) is 0.500. The Bertz CT molecular complexity index is 391. The van der Waals surface area contributed by atoms with Gasteiger partial charge in [-0.25, -0.2) is 0 Å². The van der Waals surface area contributed by atoms with E-state index in [9.17, 15) is 4.79 Å². The minimum atomic E-state index is 0.101. The monoisotopic (exact) mass is 250 g/mol. The summed E-state index contributed by atoms with van der Waals surface area (Å²) in [4.78, 5) is 13.7. The molecule has 1 unspecified atom stereocenters. The Hall–Kier alpha value is -1.55. The van der Waals surface area contributed by atoms with Crippen LogP contribution in [0.3, 0.4) is 0 Å². The summed E-state index contributed by atoms with van der Waals surface area (Å²) in [7, 11) is 3.43. The van der Waals surface area contributed by atoms with E-state index in [2.05, 4.69) is 0 Å². The maximum absolute atomic E-state index is 12.0. The number of nitrogens with two attached hydrogens (primary N) is 1. The van der Waals surface area contributed by atoms with E-state index in [4.69, 9.17) is 10.5 Å². The molecule has 18 heavy (non-hydrogen) atoms. The third-order valence-electron chi connectivity index (χ3n) is 2.84. The Kier molecular flexibility index (Phi) is 5.65. The summed E-state index contributed by atoms with van der Waals surface area (Å²) in [6.07, 6.45) is 1.22. The standard InChI is InChI=1S/C14H22N2O2/c1-11(15)7-8-16(2)14(17)10-12-5-4-6-13(9-12)18-3/h4-6,9,11H,7-8,10,15H2,1-3H3. The number of hydrogen-bond donors (Lipinski definition) is 1. The van der Waals surface area contributed by atoms with Gasteiger partial charge in [0, 0.05) is 19.6 Å². The highest BCUT2D eigenvalue weighted by Crippen LogP contribution is 2.13. The molecule has 0 saturated heterocycles. The summed E-state index contributed by atoms with van der Waals surface area (Å²) >= 11 is 0. The molecule has 2 N–H and O–H groups in total. The molecule has 0 aromatic heterocycles. The molecule has 1 aromatic carbocycles. The maximum Gasteiger partial charge on any atom is 0.226 e. The summed E-state index contributed by atoms with van der Waals surface area (Å²) in [5.74, 6) is 0.877. The van der Waals surface area contributed by atoms with Crippen molar-refractivity contribution in [3.63, 3.8) is 0 Å². The zero-order valence-corrected chi connectivity index (χ0v) is 11.3. The lowest BCUT2D eigenvalue weighted by Gasteiger charge is -2.18. The molecule has 0 spiro atoms. The van der Waals surface area contributed by atoms with Gasteiger partial charge in [0.15, 0.2) is 0 Å². The van der Waals surface area contributed by atoms with Gasteiger partial charge in [0.25, 0.3) is 0 Å². The molecule has 0 aliphatic carbocycles. The number of ether oxygens (including phenoxy) is 1. The van der Waals surface area contributed by atoms with E-state index in [-0.39, 0.29) is 11.9 Å². The Labute approximate surface area is 109 Å². The van der Waals surface area contributed by atoms with Crippen molar-refractivity contribution in [3.8, 4) is 5.75 Å². The number of benzene rings is 1. The Morgan fingerprint density at radius 1 is 1.50 bits per heavy atom. The maximum atomic E-state index is 12.0. The zero-order valence-electron chi connectivity index (χ0n) is 11.3. The van der Waals surface area contributed by atoms with Gasteiger partial charge in [-0.2, -0.15) is 0 Å². The molecule has 1 amide bonds. The predicted octanol–water partition coefficient (Wildman–Crippen LogP) is 1.43. The highest BCUT2D eigenvalue weighted by Gasteiger charge is 2.10. The Balaban J connectivity index is 2.52. The van der Waals surface area contributed by atoms with E-state index in [1.165, 1.54) is 0 Å². The third kappa shape index (κ3) is 4.75. The first kappa shape index (κ1) is 14.5. The van der Waals surface area contributed by atoms with E-state index >= 15 is 0 Å². The number of hydrogen-bond acceptors (Lipinski definition) is 3. The summed E-state index contributed by atoms with van der Waals surface area (Å²) in [5.41, 5.74) is 6.64. The summed E-state index contributed by atoms with van der Waals surface area (Å²) < 4.78 is 5.13. The summed E-state index contributed by atoms with van der Waals surface area (Å²) in [6, 6.07) is 7.70. The number of nitrogens with zero attached hydrogens (tertiary/aromatic N) is 1. The summed E-state index contributed by atoms with van der Waals surface area (Å²) in [6.45, 7) is 2.64. The first-order valence-electron chi connectivity index (χ1n) is 6.15. The van der Waals surface area contributed by atoms with Gasteiger partial charge in [-0.15, -0.1) is 0 Å². The van der Waals surface area contributed by atoms with Crippen LogP contribution in [0.15, 0.2) is 24.3 Å². The van der Waals surface area contributed by atoms with Gasteiger partial charge >= 0.3 is 0 Å². The Morgan fingerprint density at radius 2 is 2.22 bits per heavy atom. The molecule has 1 aromatic rings. The first-order chi connectivity index (χ1) is 8.52. The van der Waals surface area contributed by atoms with Gasteiger partial charge in [0.2, 0.25) is 5.91 Å². The van der Waals surface area contributed by atoms with Crippen molar-refractivity contribution in [3.05, 3.63) is 29.8 Å². The number of carbonyl (C=O) groups excluding carboxylic acids is 1. The van der Waals surface area contributed by atoms with Gasteiger partial charge in [0.1, 0.15) is 5.75 Å². The van der Waals surface area contributed by atoms with Crippen molar-refractivity contribution < 1.29 is 9.53 Å². The lowest BCUT2D eigenvalue weighted by Crippen LogP contribution is -2.32. The molecule has 100 valence electrons. The first-order valence-corrected chi connectivity index (χ1v) is 6.15. The van der Waals surface area contributed by atoms with E-state index in [0.29, 0.717) is 13.0 Å². The second-order valence-corrected chi connectivity index (χ2v) is 4.61. The van der Waals surface area contributed by atoms with Crippen molar-refractivity contribution in [2.45, 2.75) is 25.8 Å². The van der Waals surface area contributed by atoms with Crippen molar-refractivity contribution in [1.29, 1.82) is 0 Å². The van der Waals surface area contributed by atoms with E-state index in [0.717, 1.165) is 17.7 Å².